The second-order valence-corrected chi connectivity index (χ2v) is 6.68. The van der Waals surface area contributed by atoms with Crippen LogP contribution in [0, 0.1) is 5.92 Å². The normalized spacial score (nSPS) is 28.0. The van der Waals surface area contributed by atoms with E-state index >= 15 is 0 Å². The van der Waals surface area contributed by atoms with Crippen LogP contribution in [0.5, 0.6) is 0 Å². The topological polar surface area (TPSA) is 43.8 Å². The minimum atomic E-state index is -0.183. The minimum Gasteiger partial charge on any atom is -0.393 e. The fourth-order valence-electron chi connectivity index (χ4n) is 3.58. The molecule has 0 bridgehead atoms. The molecule has 0 aliphatic heterocycles. The Morgan fingerprint density at radius 3 is 2.20 bits per heavy atom. The van der Waals surface area contributed by atoms with Crippen LogP contribution in [0.3, 0.4) is 0 Å². The van der Waals surface area contributed by atoms with Crippen molar-refractivity contribution in [2.75, 3.05) is 27.2 Å². The van der Waals surface area contributed by atoms with Gasteiger partial charge in [0.2, 0.25) is 5.91 Å². The molecule has 0 unspecified atom stereocenters. The third kappa shape index (κ3) is 4.19. The van der Waals surface area contributed by atoms with Gasteiger partial charge < -0.3 is 14.9 Å². The van der Waals surface area contributed by atoms with E-state index in [0.717, 1.165) is 44.8 Å². The predicted molar refractivity (Wildman–Crippen MR) is 80.5 cm³/mol. The molecule has 4 nitrogen and oxygen atoms in total. The summed E-state index contributed by atoms with van der Waals surface area (Å²) in [6.45, 7) is 1.80. The molecule has 0 aromatic heterocycles. The van der Waals surface area contributed by atoms with Gasteiger partial charge in [0.1, 0.15) is 0 Å². The molecule has 2 aliphatic carbocycles. The number of nitrogens with zero attached hydrogens (tertiary/aromatic N) is 2. The summed E-state index contributed by atoms with van der Waals surface area (Å²) < 4.78 is 0. The second-order valence-electron chi connectivity index (χ2n) is 6.68. The molecule has 4 heteroatoms. The number of hydrogen-bond donors (Lipinski definition) is 1. The van der Waals surface area contributed by atoms with Gasteiger partial charge in [0.05, 0.1) is 6.10 Å². The molecule has 2 rings (SSSR count). The highest BCUT2D eigenvalue weighted by atomic mass is 16.3. The number of carbonyl (C=O) groups excluding carboxylic acids is 1. The van der Waals surface area contributed by atoms with Gasteiger partial charge in [-0.15, -0.1) is 0 Å². The average molecular weight is 282 g/mol. The average Bonchev–Trinajstić information content (AvgIpc) is 2.98. The van der Waals surface area contributed by atoms with Gasteiger partial charge in [0, 0.05) is 32.1 Å². The maximum Gasteiger partial charge on any atom is 0.225 e. The molecule has 0 aromatic carbocycles. The number of likely N-dealkylation sites (N-methyl/N-ethyl adjacent to an activating group) is 2. The van der Waals surface area contributed by atoms with E-state index in [1.807, 2.05) is 11.9 Å². The van der Waals surface area contributed by atoms with Gasteiger partial charge in [-0.3, -0.25) is 4.79 Å². The van der Waals surface area contributed by atoms with E-state index in [1.54, 1.807) is 0 Å². The molecule has 0 spiro atoms. The van der Waals surface area contributed by atoms with E-state index in [2.05, 4.69) is 11.9 Å². The molecule has 1 amide bonds. The molecule has 0 heterocycles. The molecule has 0 aromatic rings. The Hall–Kier alpha value is -0.610. The fourth-order valence-corrected chi connectivity index (χ4v) is 3.58. The van der Waals surface area contributed by atoms with Gasteiger partial charge in [-0.1, -0.05) is 12.8 Å². The molecule has 2 fully saturated rings. The van der Waals surface area contributed by atoms with Crippen LogP contribution in [0.15, 0.2) is 0 Å². The second kappa shape index (κ2) is 7.41. The van der Waals surface area contributed by atoms with Gasteiger partial charge in [-0.2, -0.15) is 0 Å². The van der Waals surface area contributed by atoms with Crippen molar-refractivity contribution in [3.8, 4) is 0 Å². The van der Waals surface area contributed by atoms with Crippen molar-refractivity contribution in [2.45, 2.75) is 63.5 Å². The van der Waals surface area contributed by atoms with Crippen molar-refractivity contribution < 1.29 is 9.90 Å². The molecule has 2 saturated carbocycles. The Labute approximate surface area is 123 Å². The van der Waals surface area contributed by atoms with Gasteiger partial charge in [-0.05, 0) is 45.6 Å². The van der Waals surface area contributed by atoms with E-state index in [4.69, 9.17) is 0 Å². The van der Waals surface area contributed by atoms with Crippen molar-refractivity contribution in [3.05, 3.63) is 0 Å². The number of rotatable bonds is 5. The van der Waals surface area contributed by atoms with Crippen LogP contribution in [0.25, 0.3) is 0 Å². The van der Waals surface area contributed by atoms with Crippen molar-refractivity contribution in [2.24, 2.45) is 5.92 Å². The number of aliphatic hydroxyl groups is 1. The van der Waals surface area contributed by atoms with Crippen LogP contribution in [0.1, 0.15) is 51.4 Å². The molecule has 20 heavy (non-hydrogen) atoms. The summed E-state index contributed by atoms with van der Waals surface area (Å²) in [5.41, 5.74) is 0. The zero-order valence-corrected chi connectivity index (χ0v) is 13.1. The number of amides is 1. The first kappa shape index (κ1) is 15.8. The summed E-state index contributed by atoms with van der Waals surface area (Å²) in [5.74, 6) is 0.414. The Balaban J connectivity index is 1.70. The number of carbonyl (C=O) groups is 1. The Morgan fingerprint density at radius 1 is 1.00 bits per heavy atom. The van der Waals surface area contributed by atoms with Crippen molar-refractivity contribution in [3.63, 3.8) is 0 Å². The highest BCUT2D eigenvalue weighted by molar-refractivity contribution is 5.78. The highest BCUT2D eigenvalue weighted by Crippen LogP contribution is 2.26. The monoisotopic (exact) mass is 282 g/mol. The van der Waals surface area contributed by atoms with E-state index in [-0.39, 0.29) is 17.9 Å². The predicted octanol–water partition coefficient (Wildman–Crippen LogP) is 1.87. The number of hydrogen-bond acceptors (Lipinski definition) is 3. The first-order valence-electron chi connectivity index (χ1n) is 8.21. The lowest BCUT2D eigenvalue weighted by Crippen LogP contribution is -2.41. The van der Waals surface area contributed by atoms with E-state index in [9.17, 15) is 9.90 Å². The van der Waals surface area contributed by atoms with Gasteiger partial charge in [0.25, 0.3) is 0 Å². The molecule has 0 saturated heterocycles. The maximum atomic E-state index is 12.4. The summed E-state index contributed by atoms with van der Waals surface area (Å²) in [7, 11) is 4.11. The summed E-state index contributed by atoms with van der Waals surface area (Å²) in [4.78, 5) is 16.7. The maximum absolute atomic E-state index is 12.4. The van der Waals surface area contributed by atoms with E-state index in [1.165, 1.54) is 25.7 Å². The van der Waals surface area contributed by atoms with Crippen LogP contribution in [-0.2, 0) is 4.79 Å². The zero-order valence-electron chi connectivity index (χ0n) is 13.1. The molecule has 0 radical (unpaired) electrons. The standard InChI is InChI=1S/C16H30N2O2/c1-17(14-5-3-4-6-14)11-12-18(2)16(20)13-7-9-15(19)10-8-13/h13-15,19H,3-12H2,1-2H3. The van der Waals surface area contributed by atoms with Crippen LogP contribution in [-0.4, -0.2) is 60.1 Å². The summed E-state index contributed by atoms with van der Waals surface area (Å²) in [5, 5.41) is 9.51. The fraction of sp³-hybridized carbons (Fsp3) is 0.938. The quantitative estimate of drug-likeness (QED) is 0.837. The lowest BCUT2D eigenvalue weighted by molar-refractivity contribution is -0.136. The molecule has 1 N–H and O–H groups in total. The van der Waals surface area contributed by atoms with Crippen molar-refractivity contribution >= 4 is 5.91 Å². The lowest BCUT2D eigenvalue weighted by Gasteiger charge is -2.30. The highest BCUT2D eigenvalue weighted by Gasteiger charge is 2.27. The first-order chi connectivity index (χ1) is 9.58. The van der Waals surface area contributed by atoms with Gasteiger partial charge >= 0.3 is 0 Å². The zero-order chi connectivity index (χ0) is 14.5. The number of aliphatic hydroxyl groups excluding tert-OH is 1. The summed E-state index contributed by atoms with van der Waals surface area (Å²) >= 11 is 0. The van der Waals surface area contributed by atoms with Gasteiger partial charge in [0.15, 0.2) is 0 Å². The molecule has 0 atom stereocenters. The molecular formula is C16H30N2O2. The Bertz CT molecular complexity index is 308. The first-order valence-corrected chi connectivity index (χ1v) is 8.21. The molecule has 116 valence electrons. The molecule has 2 aliphatic rings. The minimum absolute atomic E-state index is 0.139. The largest absolute Gasteiger partial charge is 0.393 e. The van der Waals surface area contributed by atoms with Gasteiger partial charge in [-0.25, -0.2) is 0 Å². The lowest BCUT2D eigenvalue weighted by atomic mass is 9.86. The van der Waals surface area contributed by atoms with Crippen molar-refractivity contribution in [1.29, 1.82) is 0 Å². The Morgan fingerprint density at radius 2 is 1.60 bits per heavy atom. The third-order valence-electron chi connectivity index (χ3n) is 5.16. The van der Waals surface area contributed by atoms with E-state index in [0.29, 0.717) is 0 Å². The van der Waals surface area contributed by atoms with Crippen molar-refractivity contribution in [1.82, 2.24) is 9.80 Å². The van der Waals surface area contributed by atoms with Crippen LogP contribution >= 0.6 is 0 Å². The third-order valence-corrected chi connectivity index (χ3v) is 5.16. The Kier molecular flexibility index (Phi) is 5.85. The summed E-state index contributed by atoms with van der Waals surface area (Å²) in [6.07, 6.45) is 8.42. The summed E-state index contributed by atoms with van der Waals surface area (Å²) in [6, 6.07) is 0.725. The van der Waals surface area contributed by atoms with E-state index < -0.39 is 0 Å². The van der Waals surface area contributed by atoms with Crippen LogP contribution < -0.4 is 0 Å². The smallest absolute Gasteiger partial charge is 0.225 e. The molecular weight excluding hydrogens is 252 g/mol. The SMILES string of the molecule is CN(CCN(C)C1CCCC1)C(=O)C1CCC(O)CC1. The van der Waals surface area contributed by atoms with Crippen LogP contribution in [0.4, 0.5) is 0 Å². The van der Waals surface area contributed by atoms with Crippen LogP contribution in [0.2, 0.25) is 0 Å².